The van der Waals surface area contributed by atoms with Crippen LogP contribution in [0.3, 0.4) is 0 Å². The molecule has 0 fully saturated rings. The van der Waals surface area contributed by atoms with E-state index in [1.807, 2.05) is 55.5 Å². The predicted octanol–water partition coefficient (Wildman–Crippen LogP) is 7.44. The first-order valence-corrected chi connectivity index (χ1v) is 13.3. The molecule has 7 aromatic rings. The first-order chi connectivity index (χ1) is 17.5. The van der Waals surface area contributed by atoms with Gasteiger partial charge in [-0.25, -0.2) is 12.4 Å². The number of hydrogen-bond donors (Lipinski definition) is 0. The van der Waals surface area contributed by atoms with Gasteiger partial charge in [-0.05, 0) is 55.5 Å². The van der Waals surface area contributed by atoms with Crippen LogP contribution < -0.4 is 0 Å². The van der Waals surface area contributed by atoms with E-state index in [4.69, 9.17) is 0 Å². The van der Waals surface area contributed by atoms with Crippen LogP contribution in [0.25, 0.3) is 49.3 Å². The summed E-state index contributed by atoms with van der Waals surface area (Å²) in [5, 5.41) is 4.20. The summed E-state index contributed by atoms with van der Waals surface area (Å²) in [6, 6.07) is 37.6. The fourth-order valence-electron chi connectivity index (χ4n) is 5.34. The molecule has 5 aromatic carbocycles. The number of fused-ring (bicyclic) bond motifs is 6. The molecule has 5 heteroatoms. The van der Waals surface area contributed by atoms with Gasteiger partial charge in [-0.15, -0.1) is 0 Å². The first kappa shape index (κ1) is 21.0. The zero-order chi connectivity index (χ0) is 24.4. The Morgan fingerprint density at radius 2 is 1.03 bits per heavy atom. The largest absolute Gasteiger partial charge is 0.309 e. The van der Waals surface area contributed by atoms with Crippen molar-refractivity contribution in [2.75, 3.05) is 0 Å². The van der Waals surface area contributed by atoms with E-state index in [1.54, 1.807) is 12.1 Å². The second-order valence-electron chi connectivity index (χ2n) is 9.17. The Labute approximate surface area is 208 Å². The van der Waals surface area contributed by atoms with Gasteiger partial charge in [-0.2, -0.15) is 0 Å². The molecule has 7 rings (SSSR count). The quantitative estimate of drug-likeness (QED) is 0.261. The number of benzene rings is 5. The van der Waals surface area contributed by atoms with Crippen molar-refractivity contribution in [3.63, 3.8) is 0 Å². The average Bonchev–Trinajstić information content (AvgIpc) is 3.42. The Morgan fingerprint density at radius 3 is 1.64 bits per heavy atom. The molecule has 0 spiro atoms. The highest BCUT2D eigenvalue weighted by atomic mass is 32.2. The molecule has 0 atom stereocenters. The van der Waals surface area contributed by atoms with E-state index in [0.29, 0.717) is 11.0 Å². The molecule has 174 valence electrons. The maximum Gasteiger partial charge on any atom is 0.268 e. The van der Waals surface area contributed by atoms with E-state index < -0.39 is 10.0 Å². The summed E-state index contributed by atoms with van der Waals surface area (Å²) in [6.07, 6.45) is 0. The molecule has 36 heavy (non-hydrogen) atoms. The zero-order valence-corrected chi connectivity index (χ0v) is 20.4. The van der Waals surface area contributed by atoms with Crippen molar-refractivity contribution in [3.05, 3.63) is 121 Å². The lowest BCUT2D eigenvalue weighted by Gasteiger charge is -2.11. The van der Waals surface area contributed by atoms with Gasteiger partial charge in [0.25, 0.3) is 10.0 Å². The molecule has 0 N–H and O–H groups in total. The summed E-state index contributed by atoms with van der Waals surface area (Å²) in [6.45, 7) is 1.95. The smallest absolute Gasteiger partial charge is 0.268 e. The molecule has 2 aromatic heterocycles. The van der Waals surface area contributed by atoms with Gasteiger partial charge in [0.15, 0.2) is 0 Å². The number of aryl methyl sites for hydroxylation is 1. The lowest BCUT2D eigenvalue weighted by molar-refractivity contribution is 0.590. The minimum absolute atomic E-state index is 0.280. The molecule has 0 bridgehead atoms. The molecule has 4 nitrogen and oxygen atoms in total. The van der Waals surface area contributed by atoms with E-state index in [1.165, 1.54) is 14.7 Å². The van der Waals surface area contributed by atoms with Crippen LogP contribution in [-0.2, 0) is 10.0 Å². The maximum atomic E-state index is 13.9. The Bertz CT molecular complexity index is 2010. The van der Waals surface area contributed by atoms with Crippen LogP contribution in [0.2, 0.25) is 0 Å². The molecule has 0 radical (unpaired) electrons. The zero-order valence-electron chi connectivity index (χ0n) is 19.6. The summed E-state index contributed by atoms with van der Waals surface area (Å²) in [5.74, 6) is 0. The molecule has 2 heterocycles. The molecule has 0 aliphatic heterocycles. The molecule has 0 saturated carbocycles. The standard InChI is InChI=1S/C31H22N2O2S/c1-21-14-17-23(18-15-21)36(34,35)33-30-13-7-4-10-26(30)27-20-22(16-19-31(27)33)32-28-11-5-2-8-24(28)25-9-3-6-12-29(25)32/h2-20H,1H3. The highest BCUT2D eigenvalue weighted by Gasteiger charge is 2.23. The predicted molar refractivity (Wildman–Crippen MR) is 148 cm³/mol. The number of nitrogens with zero attached hydrogens (tertiary/aromatic N) is 2. The number of para-hydroxylation sites is 3. The van der Waals surface area contributed by atoms with Gasteiger partial charge in [-0.3, -0.25) is 0 Å². The second kappa shape index (κ2) is 7.57. The van der Waals surface area contributed by atoms with Crippen molar-refractivity contribution in [3.8, 4) is 5.69 Å². The van der Waals surface area contributed by atoms with Crippen molar-refractivity contribution in [1.29, 1.82) is 0 Å². The van der Waals surface area contributed by atoms with E-state index >= 15 is 0 Å². The van der Waals surface area contributed by atoms with Crippen molar-refractivity contribution < 1.29 is 8.42 Å². The Kier molecular flexibility index (Phi) is 4.41. The van der Waals surface area contributed by atoms with E-state index in [0.717, 1.165) is 33.1 Å². The molecule has 0 amide bonds. The third-order valence-corrected chi connectivity index (χ3v) is 8.75. The van der Waals surface area contributed by atoms with Crippen molar-refractivity contribution >= 4 is 53.6 Å². The van der Waals surface area contributed by atoms with Crippen molar-refractivity contribution in [2.45, 2.75) is 11.8 Å². The molecular weight excluding hydrogens is 464 g/mol. The third-order valence-electron chi connectivity index (χ3n) is 7.01. The lowest BCUT2D eigenvalue weighted by atomic mass is 10.1. The van der Waals surface area contributed by atoms with E-state index in [-0.39, 0.29) is 4.90 Å². The van der Waals surface area contributed by atoms with Crippen LogP contribution in [0.5, 0.6) is 0 Å². The molecule has 0 saturated heterocycles. The van der Waals surface area contributed by atoms with Crippen LogP contribution >= 0.6 is 0 Å². The maximum absolute atomic E-state index is 13.9. The van der Waals surface area contributed by atoms with Gasteiger partial charge in [-0.1, -0.05) is 72.3 Å². The Balaban J connectivity index is 1.55. The Hall–Kier alpha value is -4.35. The van der Waals surface area contributed by atoms with Crippen LogP contribution in [-0.4, -0.2) is 17.0 Å². The number of rotatable bonds is 3. The second-order valence-corrected chi connectivity index (χ2v) is 11.0. The lowest BCUT2D eigenvalue weighted by Crippen LogP contribution is -2.12. The van der Waals surface area contributed by atoms with Gasteiger partial charge in [0.05, 0.1) is 27.0 Å². The van der Waals surface area contributed by atoms with Gasteiger partial charge < -0.3 is 4.57 Å². The van der Waals surface area contributed by atoms with Gasteiger partial charge >= 0.3 is 0 Å². The highest BCUT2D eigenvalue weighted by Crippen LogP contribution is 2.36. The fraction of sp³-hybridized carbons (Fsp3) is 0.0323. The molecule has 0 aliphatic rings. The van der Waals surface area contributed by atoms with E-state index in [2.05, 4.69) is 59.2 Å². The van der Waals surface area contributed by atoms with Crippen LogP contribution in [0.15, 0.2) is 120 Å². The fourth-order valence-corrected chi connectivity index (χ4v) is 6.87. The minimum atomic E-state index is -3.79. The summed E-state index contributed by atoms with van der Waals surface area (Å²) < 4.78 is 31.4. The SMILES string of the molecule is Cc1ccc(S(=O)(=O)n2c3ccccc3c3cc(-n4c5ccccc5c5ccccc54)ccc32)cc1. The molecule has 0 aliphatic carbocycles. The first-order valence-electron chi connectivity index (χ1n) is 11.9. The summed E-state index contributed by atoms with van der Waals surface area (Å²) in [4.78, 5) is 0.280. The van der Waals surface area contributed by atoms with Crippen LogP contribution in [0, 0.1) is 6.92 Å². The minimum Gasteiger partial charge on any atom is -0.309 e. The summed E-state index contributed by atoms with van der Waals surface area (Å²) >= 11 is 0. The molecular formula is C31H22N2O2S. The highest BCUT2D eigenvalue weighted by molar-refractivity contribution is 7.90. The third kappa shape index (κ3) is 2.90. The normalized spacial score (nSPS) is 12.2. The Morgan fingerprint density at radius 1 is 0.528 bits per heavy atom. The average molecular weight is 487 g/mol. The van der Waals surface area contributed by atoms with Gasteiger partial charge in [0.1, 0.15) is 0 Å². The monoisotopic (exact) mass is 486 g/mol. The van der Waals surface area contributed by atoms with Crippen LogP contribution in [0.4, 0.5) is 0 Å². The van der Waals surface area contributed by atoms with Gasteiger partial charge in [0, 0.05) is 27.2 Å². The van der Waals surface area contributed by atoms with Crippen LogP contribution in [0.1, 0.15) is 5.56 Å². The summed E-state index contributed by atoms with van der Waals surface area (Å²) in [5.41, 5.74) is 5.60. The van der Waals surface area contributed by atoms with Gasteiger partial charge in [0.2, 0.25) is 0 Å². The van der Waals surface area contributed by atoms with Crippen molar-refractivity contribution in [1.82, 2.24) is 8.54 Å². The summed E-state index contributed by atoms with van der Waals surface area (Å²) in [7, 11) is -3.79. The topological polar surface area (TPSA) is 44.0 Å². The van der Waals surface area contributed by atoms with E-state index in [9.17, 15) is 8.42 Å². The number of aromatic nitrogens is 2. The number of hydrogen-bond acceptors (Lipinski definition) is 2. The van der Waals surface area contributed by atoms with Crippen molar-refractivity contribution in [2.24, 2.45) is 0 Å². The molecule has 0 unspecified atom stereocenters.